The van der Waals surface area contributed by atoms with E-state index in [9.17, 15) is 9.59 Å². The maximum atomic E-state index is 12.9. The number of rotatable bonds is 5. The number of hydrogen-bond acceptors (Lipinski definition) is 4. The fraction of sp³-hybridized carbons (Fsp3) is 0.304. The molecule has 2 aromatic carbocycles. The molecule has 4 heteroatoms. The van der Waals surface area contributed by atoms with Gasteiger partial charge >= 0.3 is 11.9 Å². The van der Waals surface area contributed by atoms with E-state index in [-0.39, 0.29) is 26.1 Å². The van der Waals surface area contributed by atoms with E-state index in [2.05, 4.69) is 0 Å². The van der Waals surface area contributed by atoms with Crippen LogP contribution in [0.25, 0.3) is 11.6 Å². The molecular weight excluding hydrogens is 340 g/mol. The summed E-state index contributed by atoms with van der Waals surface area (Å²) in [7, 11) is 0. The normalized spacial score (nSPS) is 16.4. The molecule has 140 valence electrons. The smallest absolute Gasteiger partial charge is 0.324 e. The third kappa shape index (κ3) is 3.80. The Kier molecular flexibility index (Phi) is 5.75. The van der Waals surface area contributed by atoms with E-state index in [0.29, 0.717) is 0 Å². The molecule has 27 heavy (non-hydrogen) atoms. The van der Waals surface area contributed by atoms with Gasteiger partial charge in [0.15, 0.2) is 5.41 Å². The lowest BCUT2D eigenvalue weighted by atomic mass is 9.69. The Labute approximate surface area is 159 Å². The Morgan fingerprint density at radius 2 is 1.48 bits per heavy atom. The molecule has 0 radical (unpaired) electrons. The van der Waals surface area contributed by atoms with Crippen molar-refractivity contribution in [3.63, 3.8) is 0 Å². The number of allylic oxidation sites excluding steroid dienone is 1. The van der Waals surface area contributed by atoms with Gasteiger partial charge in [-0.05, 0) is 36.1 Å². The van der Waals surface area contributed by atoms with Crippen LogP contribution in [-0.4, -0.2) is 25.2 Å². The molecule has 0 aliphatic heterocycles. The molecule has 1 aliphatic rings. The minimum Gasteiger partial charge on any atom is -0.465 e. The molecular formula is C23H24O4. The van der Waals surface area contributed by atoms with Crippen LogP contribution in [-0.2, 0) is 25.5 Å². The Hall–Kier alpha value is -2.88. The van der Waals surface area contributed by atoms with Crippen molar-refractivity contribution in [2.45, 2.75) is 26.7 Å². The van der Waals surface area contributed by atoms with Crippen molar-refractivity contribution in [3.05, 3.63) is 71.3 Å². The zero-order chi connectivity index (χ0) is 19.3. The topological polar surface area (TPSA) is 52.6 Å². The highest BCUT2D eigenvalue weighted by Gasteiger charge is 2.52. The number of esters is 2. The van der Waals surface area contributed by atoms with Crippen LogP contribution in [0.5, 0.6) is 0 Å². The molecule has 0 N–H and O–H groups in total. The second kappa shape index (κ2) is 8.21. The summed E-state index contributed by atoms with van der Waals surface area (Å²) in [6, 6.07) is 17.8. The molecule has 1 aliphatic carbocycles. The van der Waals surface area contributed by atoms with Crippen LogP contribution in [0.2, 0.25) is 0 Å². The molecule has 0 fully saturated rings. The Morgan fingerprint density at radius 1 is 0.889 bits per heavy atom. The standard InChI is InChI=1S/C23H24O4/c1-3-26-21(24)23(22(25)27-4-2)15-18-12-8-9-13-20(18)19(16-23)14-17-10-6-5-7-11-17/h5-14H,3-4,15-16H2,1-2H3/b19-14+. The van der Waals surface area contributed by atoms with Crippen LogP contribution in [0.3, 0.4) is 0 Å². The molecule has 0 atom stereocenters. The zero-order valence-electron chi connectivity index (χ0n) is 15.7. The number of carbonyl (C=O) groups excluding carboxylic acids is 2. The molecule has 4 nitrogen and oxygen atoms in total. The van der Waals surface area contributed by atoms with E-state index in [1.54, 1.807) is 13.8 Å². The lowest BCUT2D eigenvalue weighted by Crippen LogP contribution is -2.46. The first-order valence-corrected chi connectivity index (χ1v) is 9.29. The third-order valence-electron chi connectivity index (χ3n) is 4.82. The van der Waals surface area contributed by atoms with E-state index in [1.807, 2.05) is 60.7 Å². The van der Waals surface area contributed by atoms with Crippen molar-refractivity contribution in [3.8, 4) is 0 Å². The summed E-state index contributed by atoms with van der Waals surface area (Å²) >= 11 is 0. The number of benzene rings is 2. The summed E-state index contributed by atoms with van der Waals surface area (Å²) in [5, 5.41) is 0. The number of ether oxygens (including phenoxy) is 2. The van der Waals surface area contributed by atoms with Crippen LogP contribution in [0, 0.1) is 5.41 Å². The minimum atomic E-state index is -1.35. The first-order valence-electron chi connectivity index (χ1n) is 9.29. The molecule has 0 spiro atoms. The minimum absolute atomic E-state index is 0.222. The second-order valence-electron chi connectivity index (χ2n) is 6.61. The molecule has 0 unspecified atom stereocenters. The van der Waals surface area contributed by atoms with Gasteiger partial charge < -0.3 is 9.47 Å². The second-order valence-corrected chi connectivity index (χ2v) is 6.61. The Bertz CT molecular complexity index is 834. The van der Waals surface area contributed by atoms with Crippen molar-refractivity contribution in [2.75, 3.05) is 13.2 Å². The van der Waals surface area contributed by atoms with Crippen LogP contribution in [0.15, 0.2) is 54.6 Å². The highest BCUT2D eigenvalue weighted by Crippen LogP contribution is 2.44. The van der Waals surface area contributed by atoms with Crippen molar-refractivity contribution in [1.82, 2.24) is 0 Å². The molecule has 2 aromatic rings. The summed E-state index contributed by atoms with van der Waals surface area (Å²) < 4.78 is 10.6. The van der Waals surface area contributed by atoms with Gasteiger partial charge in [-0.2, -0.15) is 0 Å². The van der Waals surface area contributed by atoms with Crippen molar-refractivity contribution in [2.24, 2.45) is 5.41 Å². The average molecular weight is 364 g/mol. The van der Waals surface area contributed by atoms with Gasteiger partial charge in [-0.25, -0.2) is 0 Å². The maximum absolute atomic E-state index is 12.9. The van der Waals surface area contributed by atoms with Crippen molar-refractivity contribution in [1.29, 1.82) is 0 Å². The zero-order valence-corrected chi connectivity index (χ0v) is 15.7. The van der Waals surface area contributed by atoms with E-state index < -0.39 is 17.4 Å². The van der Waals surface area contributed by atoms with Gasteiger partial charge in [0.2, 0.25) is 0 Å². The predicted molar refractivity (Wildman–Crippen MR) is 105 cm³/mol. The summed E-state index contributed by atoms with van der Waals surface area (Å²) in [5.41, 5.74) is 2.62. The highest BCUT2D eigenvalue weighted by molar-refractivity contribution is 6.04. The Balaban J connectivity index is 2.13. The SMILES string of the molecule is CCOC(=O)C1(C(=O)OCC)C/C(=C\c2ccccc2)c2ccccc2C1. The number of fused-ring (bicyclic) bond motifs is 1. The van der Waals surface area contributed by atoms with E-state index in [0.717, 1.165) is 22.3 Å². The average Bonchev–Trinajstić information content (AvgIpc) is 2.69. The molecule has 0 bridgehead atoms. The van der Waals surface area contributed by atoms with Crippen LogP contribution in [0.4, 0.5) is 0 Å². The summed E-state index contributed by atoms with van der Waals surface area (Å²) in [5.74, 6) is -1.03. The van der Waals surface area contributed by atoms with Crippen LogP contribution in [0.1, 0.15) is 37.0 Å². The molecule has 0 saturated carbocycles. The fourth-order valence-corrected chi connectivity index (χ4v) is 3.59. The largest absolute Gasteiger partial charge is 0.465 e. The Morgan fingerprint density at radius 3 is 2.11 bits per heavy atom. The van der Waals surface area contributed by atoms with Gasteiger partial charge in [0.25, 0.3) is 0 Å². The van der Waals surface area contributed by atoms with Gasteiger partial charge in [-0.1, -0.05) is 60.7 Å². The lowest BCUT2D eigenvalue weighted by Gasteiger charge is -2.35. The molecule has 3 rings (SSSR count). The molecule has 0 saturated heterocycles. The summed E-state index contributed by atoms with van der Waals surface area (Å²) in [6.45, 7) is 3.93. The van der Waals surface area contributed by atoms with Gasteiger partial charge in [0.05, 0.1) is 13.2 Å². The van der Waals surface area contributed by atoms with Crippen LogP contribution >= 0.6 is 0 Å². The van der Waals surface area contributed by atoms with Gasteiger partial charge in [0.1, 0.15) is 0 Å². The van der Waals surface area contributed by atoms with E-state index >= 15 is 0 Å². The first kappa shape index (κ1) is 18.9. The first-order chi connectivity index (χ1) is 13.1. The third-order valence-corrected chi connectivity index (χ3v) is 4.82. The monoisotopic (exact) mass is 364 g/mol. The quantitative estimate of drug-likeness (QED) is 0.587. The molecule has 0 aromatic heterocycles. The van der Waals surface area contributed by atoms with Crippen molar-refractivity contribution >= 4 is 23.6 Å². The predicted octanol–water partition coefficient (Wildman–Crippen LogP) is 4.29. The fourth-order valence-electron chi connectivity index (χ4n) is 3.59. The molecule has 0 heterocycles. The maximum Gasteiger partial charge on any atom is 0.324 e. The number of hydrogen-bond donors (Lipinski definition) is 0. The number of carbonyl (C=O) groups is 2. The molecule has 0 amide bonds. The van der Waals surface area contributed by atoms with Gasteiger partial charge in [-0.15, -0.1) is 0 Å². The van der Waals surface area contributed by atoms with Crippen LogP contribution < -0.4 is 0 Å². The van der Waals surface area contributed by atoms with E-state index in [4.69, 9.17) is 9.47 Å². The summed E-state index contributed by atoms with van der Waals surface area (Å²) in [4.78, 5) is 25.8. The van der Waals surface area contributed by atoms with Gasteiger partial charge in [0, 0.05) is 12.8 Å². The summed E-state index contributed by atoms with van der Waals surface area (Å²) in [6.07, 6.45) is 2.58. The highest BCUT2D eigenvalue weighted by atomic mass is 16.6. The van der Waals surface area contributed by atoms with Crippen molar-refractivity contribution < 1.29 is 19.1 Å². The lowest BCUT2D eigenvalue weighted by molar-refractivity contribution is -0.171. The van der Waals surface area contributed by atoms with E-state index in [1.165, 1.54) is 0 Å². The van der Waals surface area contributed by atoms with Gasteiger partial charge in [-0.3, -0.25) is 9.59 Å².